The second kappa shape index (κ2) is 5.62. The second-order valence-electron chi connectivity index (χ2n) is 3.44. The highest BCUT2D eigenvalue weighted by Crippen LogP contribution is 2.14. The molecule has 0 bridgehead atoms. The van der Waals surface area contributed by atoms with Gasteiger partial charge < -0.3 is 9.47 Å². The lowest BCUT2D eigenvalue weighted by Crippen LogP contribution is -2.32. The van der Waals surface area contributed by atoms with Crippen molar-refractivity contribution in [2.75, 3.05) is 0 Å². The van der Waals surface area contributed by atoms with Gasteiger partial charge in [0.05, 0.1) is 0 Å². The summed E-state index contributed by atoms with van der Waals surface area (Å²) in [6.07, 6.45) is 4.07. The molecule has 1 aliphatic rings. The Morgan fingerprint density at radius 1 is 1.14 bits per heavy atom. The van der Waals surface area contributed by atoms with E-state index in [4.69, 9.17) is 9.47 Å². The number of rotatable bonds is 5. The third-order valence-electron chi connectivity index (χ3n) is 2.11. The molecule has 1 fully saturated rings. The molecule has 0 spiro atoms. The molecule has 0 atom stereocenters. The Morgan fingerprint density at radius 3 is 2.36 bits per heavy atom. The Hall–Kier alpha value is -1.06. The van der Waals surface area contributed by atoms with Gasteiger partial charge in [-0.2, -0.15) is 0 Å². The molecule has 0 saturated carbocycles. The van der Waals surface area contributed by atoms with E-state index in [-0.39, 0.29) is 6.42 Å². The van der Waals surface area contributed by atoms with Gasteiger partial charge in [0.2, 0.25) is 6.29 Å². The van der Waals surface area contributed by atoms with Gasteiger partial charge in [0, 0.05) is 6.42 Å². The van der Waals surface area contributed by atoms with E-state index in [2.05, 4.69) is 6.92 Å². The number of carbonyl (C=O) groups is 2. The van der Waals surface area contributed by atoms with Crippen molar-refractivity contribution in [1.82, 2.24) is 0 Å². The number of esters is 2. The summed E-state index contributed by atoms with van der Waals surface area (Å²) < 4.78 is 9.71. The van der Waals surface area contributed by atoms with Crippen molar-refractivity contribution >= 4 is 11.9 Å². The molecule has 1 saturated heterocycles. The van der Waals surface area contributed by atoms with Gasteiger partial charge in [-0.1, -0.05) is 26.2 Å². The van der Waals surface area contributed by atoms with E-state index >= 15 is 0 Å². The lowest BCUT2D eigenvalue weighted by atomic mass is 10.1. The predicted octanol–water partition coefficient (Wildman–Crippen LogP) is 1.77. The largest absolute Gasteiger partial charge is 0.425 e. The Labute approximate surface area is 83.6 Å². The van der Waals surface area contributed by atoms with Crippen molar-refractivity contribution in [2.24, 2.45) is 0 Å². The standard InChI is InChI=1S/C10H16O4/c1-2-3-4-5-6-10-13-8(11)7-9(12)14-10/h10H,2-7H2,1H3. The van der Waals surface area contributed by atoms with Gasteiger partial charge in [-0.3, -0.25) is 9.59 Å². The molecule has 14 heavy (non-hydrogen) atoms. The molecule has 0 amide bonds. The lowest BCUT2D eigenvalue weighted by molar-refractivity contribution is -0.204. The van der Waals surface area contributed by atoms with Gasteiger partial charge in [-0.25, -0.2) is 0 Å². The molecule has 0 aromatic rings. The summed E-state index contributed by atoms with van der Waals surface area (Å²) in [6.45, 7) is 2.13. The molecule has 80 valence electrons. The van der Waals surface area contributed by atoms with Gasteiger partial charge in [0.15, 0.2) is 0 Å². The normalized spacial score (nSPS) is 17.8. The van der Waals surface area contributed by atoms with Crippen molar-refractivity contribution in [2.45, 2.75) is 51.7 Å². The van der Waals surface area contributed by atoms with E-state index in [0.717, 1.165) is 25.7 Å². The predicted molar refractivity (Wildman–Crippen MR) is 49.3 cm³/mol. The summed E-state index contributed by atoms with van der Waals surface area (Å²) in [6, 6.07) is 0. The Balaban J connectivity index is 2.17. The first-order valence-electron chi connectivity index (χ1n) is 5.11. The second-order valence-corrected chi connectivity index (χ2v) is 3.44. The average molecular weight is 200 g/mol. The Morgan fingerprint density at radius 2 is 1.79 bits per heavy atom. The molecule has 0 unspecified atom stereocenters. The summed E-state index contributed by atoms with van der Waals surface area (Å²) in [4.78, 5) is 21.7. The first kappa shape index (κ1) is 11.0. The van der Waals surface area contributed by atoms with Crippen LogP contribution < -0.4 is 0 Å². The Bertz CT molecular complexity index is 196. The minimum atomic E-state index is -0.638. The van der Waals surface area contributed by atoms with Crippen LogP contribution >= 0.6 is 0 Å². The lowest BCUT2D eigenvalue weighted by Gasteiger charge is -2.21. The van der Waals surface area contributed by atoms with Gasteiger partial charge in [0.1, 0.15) is 6.42 Å². The van der Waals surface area contributed by atoms with E-state index in [1.54, 1.807) is 0 Å². The van der Waals surface area contributed by atoms with Crippen LogP contribution in [0.25, 0.3) is 0 Å². The molecule has 0 N–H and O–H groups in total. The first-order valence-corrected chi connectivity index (χ1v) is 5.11. The molecule has 0 aromatic carbocycles. The van der Waals surface area contributed by atoms with E-state index in [1.807, 2.05) is 0 Å². The summed E-state index contributed by atoms with van der Waals surface area (Å²) in [5.41, 5.74) is 0. The average Bonchev–Trinajstić information content (AvgIpc) is 2.11. The number of ether oxygens (including phenoxy) is 2. The molecule has 4 heteroatoms. The Kier molecular flexibility index (Phi) is 4.43. The molecule has 0 radical (unpaired) electrons. The smallest absolute Gasteiger partial charge is 0.320 e. The van der Waals surface area contributed by atoms with Crippen LogP contribution in [0.2, 0.25) is 0 Å². The van der Waals surface area contributed by atoms with Crippen molar-refractivity contribution in [1.29, 1.82) is 0 Å². The first-order chi connectivity index (χ1) is 6.72. The monoisotopic (exact) mass is 200 g/mol. The van der Waals surface area contributed by atoms with Crippen LogP contribution in [-0.2, 0) is 19.1 Å². The molecule has 0 aromatic heterocycles. The number of unbranched alkanes of at least 4 members (excludes halogenated alkanes) is 3. The summed E-state index contributed by atoms with van der Waals surface area (Å²) in [7, 11) is 0. The van der Waals surface area contributed by atoms with E-state index < -0.39 is 18.2 Å². The summed E-state index contributed by atoms with van der Waals surface area (Å²) in [5, 5.41) is 0. The fourth-order valence-electron chi connectivity index (χ4n) is 1.37. The number of carbonyl (C=O) groups excluding carboxylic acids is 2. The SMILES string of the molecule is CCCCCCC1OC(=O)CC(=O)O1. The van der Waals surface area contributed by atoms with Gasteiger partial charge in [0.25, 0.3) is 0 Å². The zero-order valence-corrected chi connectivity index (χ0v) is 8.45. The van der Waals surface area contributed by atoms with Crippen molar-refractivity contribution in [3.63, 3.8) is 0 Å². The number of hydrogen-bond acceptors (Lipinski definition) is 4. The fourth-order valence-corrected chi connectivity index (χ4v) is 1.37. The quantitative estimate of drug-likeness (QED) is 0.385. The molecule has 1 aliphatic heterocycles. The van der Waals surface area contributed by atoms with Gasteiger partial charge in [-0.05, 0) is 6.42 Å². The summed E-state index contributed by atoms with van der Waals surface area (Å²) in [5.74, 6) is -0.941. The van der Waals surface area contributed by atoms with Crippen molar-refractivity contribution in [3.05, 3.63) is 0 Å². The third-order valence-corrected chi connectivity index (χ3v) is 2.11. The topological polar surface area (TPSA) is 52.6 Å². The minimum absolute atomic E-state index is 0.245. The highest BCUT2D eigenvalue weighted by molar-refractivity contribution is 5.92. The third kappa shape index (κ3) is 3.77. The molecular formula is C10H16O4. The highest BCUT2D eigenvalue weighted by atomic mass is 16.7. The zero-order valence-electron chi connectivity index (χ0n) is 8.45. The fraction of sp³-hybridized carbons (Fsp3) is 0.800. The van der Waals surface area contributed by atoms with Crippen LogP contribution in [0.5, 0.6) is 0 Å². The van der Waals surface area contributed by atoms with Gasteiger partial charge >= 0.3 is 11.9 Å². The molecule has 4 nitrogen and oxygen atoms in total. The van der Waals surface area contributed by atoms with Crippen molar-refractivity contribution < 1.29 is 19.1 Å². The van der Waals surface area contributed by atoms with Crippen molar-refractivity contribution in [3.8, 4) is 0 Å². The van der Waals surface area contributed by atoms with Crippen LogP contribution in [0.15, 0.2) is 0 Å². The van der Waals surface area contributed by atoms with Crippen LogP contribution in [0.3, 0.4) is 0 Å². The number of cyclic esters (lactones) is 2. The molecular weight excluding hydrogens is 184 g/mol. The molecule has 0 aliphatic carbocycles. The number of hydrogen-bond donors (Lipinski definition) is 0. The van der Waals surface area contributed by atoms with Crippen LogP contribution in [0, 0.1) is 0 Å². The highest BCUT2D eigenvalue weighted by Gasteiger charge is 2.26. The maximum atomic E-state index is 10.8. The summed E-state index contributed by atoms with van der Waals surface area (Å²) >= 11 is 0. The van der Waals surface area contributed by atoms with E-state index in [9.17, 15) is 9.59 Å². The maximum Gasteiger partial charge on any atom is 0.320 e. The van der Waals surface area contributed by atoms with Crippen LogP contribution in [-0.4, -0.2) is 18.2 Å². The van der Waals surface area contributed by atoms with E-state index in [0.29, 0.717) is 6.42 Å². The van der Waals surface area contributed by atoms with Crippen LogP contribution in [0.4, 0.5) is 0 Å². The minimum Gasteiger partial charge on any atom is -0.425 e. The molecule has 1 rings (SSSR count). The molecule has 1 heterocycles. The van der Waals surface area contributed by atoms with Gasteiger partial charge in [-0.15, -0.1) is 0 Å². The zero-order chi connectivity index (χ0) is 10.4. The van der Waals surface area contributed by atoms with E-state index in [1.165, 1.54) is 0 Å². The maximum absolute atomic E-state index is 10.8. The van der Waals surface area contributed by atoms with Crippen LogP contribution in [0.1, 0.15) is 45.4 Å².